The van der Waals surface area contributed by atoms with Crippen LogP contribution in [0.1, 0.15) is 100 Å². The third-order valence-corrected chi connectivity index (χ3v) is 7.51. The van der Waals surface area contributed by atoms with Crippen molar-refractivity contribution in [2.45, 2.75) is 111 Å². The molecule has 1 aliphatic heterocycles. The zero-order valence-corrected chi connectivity index (χ0v) is 22.4. The van der Waals surface area contributed by atoms with E-state index in [1.807, 2.05) is 0 Å². The lowest BCUT2D eigenvalue weighted by atomic mass is 9.67. The highest BCUT2D eigenvalue weighted by molar-refractivity contribution is 5.17. The standard InChI is InChI=1S/C28H49NO3/c1-11-26(9)20-28(30-18-21(3)4,31-19-22(5)6)24(8)27(10,12-2)29(26)32-23(7)25-16-14-13-15-17-25/h13-17,21-24H,11-12,18-20H2,1-10H3. The van der Waals surface area contributed by atoms with Crippen LogP contribution in [0.2, 0.25) is 0 Å². The average Bonchev–Trinajstić information content (AvgIpc) is 2.77. The first kappa shape index (κ1) is 27.3. The molecule has 0 saturated carbocycles. The first-order chi connectivity index (χ1) is 14.9. The molecule has 32 heavy (non-hydrogen) atoms. The van der Waals surface area contributed by atoms with E-state index in [0.717, 1.165) is 19.3 Å². The van der Waals surface area contributed by atoms with Crippen molar-refractivity contribution in [1.29, 1.82) is 0 Å². The van der Waals surface area contributed by atoms with E-state index in [1.54, 1.807) is 0 Å². The summed E-state index contributed by atoms with van der Waals surface area (Å²) in [5, 5.41) is 2.32. The van der Waals surface area contributed by atoms with Crippen LogP contribution >= 0.6 is 0 Å². The number of benzene rings is 1. The highest BCUT2D eigenvalue weighted by Crippen LogP contribution is 2.53. The number of rotatable bonds is 11. The SMILES string of the molecule is CCC1(C)CC(OCC(C)C)(OCC(C)C)C(C)C(C)(CC)N1OC(C)c1ccccc1. The minimum Gasteiger partial charge on any atom is -0.349 e. The fourth-order valence-electron chi connectivity index (χ4n) is 4.94. The number of piperidine rings is 1. The third-order valence-electron chi connectivity index (χ3n) is 7.51. The van der Waals surface area contributed by atoms with Gasteiger partial charge in [0.15, 0.2) is 5.79 Å². The van der Waals surface area contributed by atoms with Crippen LogP contribution in [-0.4, -0.2) is 35.1 Å². The Hall–Kier alpha value is -0.940. The number of hydrogen-bond acceptors (Lipinski definition) is 4. The number of hydrogen-bond donors (Lipinski definition) is 0. The van der Waals surface area contributed by atoms with Gasteiger partial charge < -0.3 is 9.47 Å². The molecule has 1 aromatic rings. The molecule has 1 saturated heterocycles. The zero-order chi connectivity index (χ0) is 24.2. The van der Waals surface area contributed by atoms with E-state index < -0.39 is 5.79 Å². The molecule has 1 aromatic carbocycles. The molecule has 2 rings (SSSR count). The van der Waals surface area contributed by atoms with Crippen LogP contribution in [0.5, 0.6) is 0 Å². The van der Waals surface area contributed by atoms with E-state index in [4.69, 9.17) is 14.3 Å². The Morgan fingerprint density at radius 1 is 0.906 bits per heavy atom. The lowest BCUT2D eigenvalue weighted by molar-refractivity contribution is -0.398. The summed E-state index contributed by atoms with van der Waals surface area (Å²) in [6, 6.07) is 10.5. The highest BCUT2D eigenvalue weighted by Gasteiger charge is 2.62. The predicted octanol–water partition coefficient (Wildman–Crippen LogP) is 7.40. The molecule has 0 amide bonds. The number of ether oxygens (including phenoxy) is 2. The Labute approximate surface area is 198 Å². The summed E-state index contributed by atoms with van der Waals surface area (Å²) in [6.45, 7) is 23.8. The largest absolute Gasteiger partial charge is 0.349 e. The van der Waals surface area contributed by atoms with E-state index in [-0.39, 0.29) is 23.1 Å². The van der Waals surface area contributed by atoms with Crippen LogP contribution in [0, 0.1) is 17.8 Å². The summed E-state index contributed by atoms with van der Waals surface area (Å²) < 4.78 is 13.4. The Bertz CT molecular complexity index is 679. The van der Waals surface area contributed by atoms with Crippen LogP contribution < -0.4 is 0 Å². The molecule has 0 aromatic heterocycles. The second-order valence-corrected chi connectivity index (χ2v) is 11.1. The monoisotopic (exact) mass is 447 g/mol. The Morgan fingerprint density at radius 3 is 1.88 bits per heavy atom. The normalized spacial score (nSPS) is 29.6. The van der Waals surface area contributed by atoms with Gasteiger partial charge in [-0.2, -0.15) is 5.06 Å². The van der Waals surface area contributed by atoms with Crippen LogP contribution in [0.25, 0.3) is 0 Å². The molecule has 4 atom stereocenters. The van der Waals surface area contributed by atoms with Gasteiger partial charge in [-0.25, -0.2) is 0 Å². The highest BCUT2D eigenvalue weighted by atomic mass is 16.7. The summed E-state index contributed by atoms with van der Waals surface area (Å²) in [7, 11) is 0. The maximum atomic E-state index is 6.83. The second-order valence-electron chi connectivity index (χ2n) is 11.1. The molecule has 4 unspecified atom stereocenters. The molecule has 184 valence electrons. The van der Waals surface area contributed by atoms with Gasteiger partial charge in [-0.05, 0) is 51.0 Å². The Morgan fingerprint density at radius 2 is 1.44 bits per heavy atom. The first-order valence-electron chi connectivity index (χ1n) is 12.7. The maximum absolute atomic E-state index is 6.83. The van der Waals surface area contributed by atoms with E-state index >= 15 is 0 Å². The minimum absolute atomic E-state index is 0.0270. The van der Waals surface area contributed by atoms with Gasteiger partial charge in [0.1, 0.15) is 6.10 Å². The predicted molar refractivity (Wildman–Crippen MR) is 133 cm³/mol. The summed E-state index contributed by atoms with van der Waals surface area (Å²) in [4.78, 5) is 6.83. The molecule has 4 heteroatoms. The van der Waals surface area contributed by atoms with Gasteiger partial charge in [-0.15, -0.1) is 0 Å². The third kappa shape index (κ3) is 5.75. The second kappa shape index (κ2) is 11.0. The van der Waals surface area contributed by atoms with E-state index in [1.165, 1.54) is 5.56 Å². The van der Waals surface area contributed by atoms with Crippen molar-refractivity contribution in [3.8, 4) is 0 Å². The molecule has 4 nitrogen and oxygen atoms in total. The van der Waals surface area contributed by atoms with Crippen molar-refractivity contribution in [2.24, 2.45) is 17.8 Å². The van der Waals surface area contributed by atoms with Gasteiger partial charge in [0, 0.05) is 17.9 Å². The van der Waals surface area contributed by atoms with Gasteiger partial charge in [-0.1, -0.05) is 78.8 Å². The smallest absolute Gasteiger partial charge is 0.174 e. The lowest BCUT2D eigenvalue weighted by Crippen LogP contribution is -2.72. The van der Waals surface area contributed by atoms with Crippen molar-refractivity contribution < 1.29 is 14.3 Å². The molecule has 0 aliphatic carbocycles. The Balaban J connectivity index is 2.47. The van der Waals surface area contributed by atoms with Crippen LogP contribution in [0.3, 0.4) is 0 Å². The molecule has 1 fully saturated rings. The molecule has 0 N–H and O–H groups in total. The van der Waals surface area contributed by atoms with Crippen molar-refractivity contribution in [2.75, 3.05) is 13.2 Å². The van der Waals surface area contributed by atoms with Crippen molar-refractivity contribution in [3.05, 3.63) is 35.9 Å². The number of hydroxylamine groups is 2. The van der Waals surface area contributed by atoms with Gasteiger partial charge in [0.2, 0.25) is 0 Å². The van der Waals surface area contributed by atoms with Crippen molar-refractivity contribution in [1.82, 2.24) is 5.06 Å². The van der Waals surface area contributed by atoms with Gasteiger partial charge >= 0.3 is 0 Å². The van der Waals surface area contributed by atoms with E-state index in [9.17, 15) is 0 Å². The molecule has 1 heterocycles. The molecule has 0 radical (unpaired) electrons. The molecule has 0 spiro atoms. The zero-order valence-electron chi connectivity index (χ0n) is 22.4. The molecule has 0 bridgehead atoms. The van der Waals surface area contributed by atoms with Gasteiger partial charge in [0.25, 0.3) is 0 Å². The average molecular weight is 448 g/mol. The van der Waals surface area contributed by atoms with E-state index in [2.05, 4.69) is 105 Å². The first-order valence-corrected chi connectivity index (χ1v) is 12.7. The van der Waals surface area contributed by atoms with Gasteiger partial charge in [0.05, 0.1) is 18.8 Å². The van der Waals surface area contributed by atoms with Crippen LogP contribution in [0.15, 0.2) is 30.3 Å². The topological polar surface area (TPSA) is 30.9 Å². The number of nitrogens with zero attached hydrogens (tertiary/aromatic N) is 1. The van der Waals surface area contributed by atoms with Gasteiger partial charge in [-0.3, -0.25) is 4.84 Å². The summed E-state index contributed by atoms with van der Waals surface area (Å²) in [5.41, 5.74) is 0.745. The summed E-state index contributed by atoms with van der Waals surface area (Å²) >= 11 is 0. The van der Waals surface area contributed by atoms with Crippen molar-refractivity contribution >= 4 is 0 Å². The minimum atomic E-state index is -0.625. The Kier molecular flexibility index (Phi) is 9.38. The fourth-order valence-corrected chi connectivity index (χ4v) is 4.94. The van der Waals surface area contributed by atoms with Crippen LogP contribution in [0.4, 0.5) is 0 Å². The summed E-state index contributed by atoms with van der Waals surface area (Å²) in [6.07, 6.45) is 2.66. The maximum Gasteiger partial charge on any atom is 0.174 e. The quantitative estimate of drug-likeness (QED) is 0.331. The van der Waals surface area contributed by atoms with Crippen molar-refractivity contribution in [3.63, 3.8) is 0 Å². The van der Waals surface area contributed by atoms with E-state index in [0.29, 0.717) is 25.0 Å². The fraction of sp³-hybridized carbons (Fsp3) is 0.786. The molecule has 1 aliphatic rings. The molecular formula is C28H49NO3. The lowest BCUT2D eigenvalue weighted by Gasteiger charge is -2.63. The summed E-state index contributed by atoms with van der Waals surface area (Å²) in [5.74, 6) is 0.421. The molecular weight excluding hydrogens is 398 g/mol. The van der Waals surface area contributed by atoms with Crippen LogP contribution in [-0.2, 0) is 14.3 Å².